The van der Waals surface area contributed by atoms with Crippen LogP contribution in [0.3, 0.4) is 0 Å². The molecule has 0 bridgehead atoms. The highest BCUT2D eigenvalue weighted by molar-refractivity contribution is 6.30. The lowest BCUT2D eigenvalue weighted by atomic mass is 10.0. The first-order chi connectivity index (χ1) is 7.83. The van der Waals surface area contributed by atoms with E-state index in [-0.39, 0.29) is 17.0 Å². The third-order valence-corrected chi connectivity index (χ3v) is 2.64. The molecule has 0 aliphatic heterocycles. The molecule has 0 saturated carbocycles. The molecule has 1 N–H and O–H groups in total. The second-order valence-electron chi connectivity index (χ2n) is 3.66. The Hall–Kier alpha value is -0.810. The quantitative estimate of drug-likeness (QED) is 0.812. The number of nitrogens with one attached hydrogen (secondary N) is 1. The summed E-state index contributed by atoms with van der Waals surface area (Å²) in [4.78, 5) is 0. The van der Waals surface area contributed by atoms with E-state index < -0.39 is 24.5 Å². The maximum absolute atomic E-state index is 13.5. The summed E-state index contributed by atoms with van der Waals surface area (Å²) in [5.41, 5.74) is 0.196. The Morgan fingerprint density at radius 3 is 2.47 bits per heavy atom. The summed E-state index contributed by atoms with van der Waals surface area (Å²) < 4.78 is 49.8. The normalized spacial score (nSPS) is 13.8. The van der Waals surface area contributed by atoms with Crippen molar-refractivity contribution in [3.05, 3.63) is 34.6 Å². The summed E-state index contributed by atoms with van der Waals surface area (Å²) in [5.74, 6) is -0.598. The molecular formula is C11H12ClF4N. The molecule has 0 saturated heterocycles. The summed E-state index contributed by atoms with van der Waals surface area (Å²) in [7, 11) is 1.50. The van der Waals surface area contributed by atoms with Crippen molar-refractivity contribution in [2.45, 2.75) is 25.1 Å². The Kier molecular flexibility index (Phi) is 4.77. The van der Waals surface area contributed by atoms with Gasteiger partial charge in [0.25, 0.3) is 0 Å². The van der Waals surface area contributed by atoms with Gasteiger partial charge in [0.1, 0.15) is 5.82 Å². The van der Waals surface area contributed by atoms with E-state index >= 15 is 0 Å². The van der Waals surface area contributed by atoms with Gasteiger partial charge in [0.2, 0.25) is 0 Å². The highest BCUT2D eigenvalue weighted by atomic mass is 35.5. The number of halogens is 5. The van der Waals surface area contributed by atoms with Crippen LogP contribution < -0.4 is 5.32 Å². The van der Waals surface area contributed by atoms with Crippen LogP contribution in [0.4, 0.5) is 17.6 Å². The van der Waals surface area contributed by atoms with Gasteiger partial charge < -0.3 is 5.32 Å². The Morgan fingerprint density at radius 2 is 2.00 bits per heavy atom. The summed E-state index contributed by atoms with van der Waals surface area (Å²) in [6, 6.07) is 3.27. The van der Waals surface area contributed by atoms with Gasteiger partial charge in [-0.1, -0.05) is 17.7 Å². The number of hydrogen-bond acceptors (Lipinski definition) is 1. The van der Waals surface area contributed by atoms with Gasteiger partial charge in [-0.2, -0.15) is 13.2 Å². The molecule has 6 heteroatoms. The van der Waals surface area contributed by atoms with Crippen LogP contribution in [0.2, 0.25) is 5.02 Å². The topological polar surface area (TPSA) is 12.0 Å². The molecule has 0 heterocycles. The standard InChI is InChI=1S/C11H12ClF4N/c1-17-10(4-5-11(14,15)16)8-3-2-7(12)6-9(8)13/h2-3,6,10,17H,4-5H2,1H3. The zero-order valence-electron chi connectivity index (χ0n) is 9.11. The minimum absolute atomic E-state index is 0.196. The van der Waals surface area contributed by atoms with Gasteiger partial charge in [0.05, 0.1) is 0 Å². The van der Waals surface area contributed by atoms with Crippen molar-refractivity contribution < 1.29 is 17.6 Å². The molecule has 0 aromatic heterocycles. The van der Waals surface area contributed by atoms with Gasteiger partial charge in [0.15, 0.2) is 0 Å². The molecule has 1 nitrogen and oxygen atoms in total. The summed E-state index contributed by atoms with van der Waals surface area (Å²) >= 11 is 5.57. The molecule has 0 aliphatic rings. The molecule has 96 valence electrons. The fourth-order valence-electron chi connectivity index (χ4n) is 1.55. The van der Waals surface area contributed by atoms with Gasteiger partial charge in [0, 0.05) is 23.0 Å². The largest absolute Gasteiger partial charge is 0.389 e. The van der Waals surface area contributed by atoms with Crippen LogP contribution in [0.15, 0.2) is 18.2 Å². The molecule has 1 rings (SSSR count). The minimum atomic E-state index is -4.24. The summed E-state index contributed by atoms with van der Waals surface area (Å²) in [6.45, 7) is 0. The lowest BCUT2D eigenvalue weighted by Crippen LogP contribution is -2.20. The smallest absolute Gasteiger partial charge is 0.313 e. The molecule has 0 spiro atoms. The minimum Gasteiger partial charge on any atom is -0.313 e. The lowest BCUT2D eigenvalue weighted by Gasteiger charge is -2.18. The van der Waals surface area contributed by atoms with Crippen molar-refractivity contribution in [3.8, 4) is 0 Å². The Morgan fingerprint density at radius 1 is 1.35 bits per heavy atom. The molecule has 1 atom stereocenters. The van der Waals surface area contributed by atoms with Crippen LogP contribution in [0, 0.1) is 5.82 Å². The second kappa shape index (κ2) is 5.69. The van der Waals surface area contributed by atoms with Gasteiger partial charge in [-0.25, -0.2) is 4.39 Å². The van der Waals surface area contributed by atoms with E-state index in [1.54, 1.807) is 0 Å². The van der Waals surface area contributed by atoms with Crippen LogP contribution in [0.1, 0.15) is 24.4 Å². The highest BCUT2D eigenvalue weighted by Crippen LogP contribution is 2.29. The summed E-state index contributed by atoms with van der Waals surface area (Å²) in [6.07, 6.45) is -5.41. The lowest BCUT2D eigenvalue weighted by molar-refractivity contribution is -0.136. The van der Waals surface area contributed by atoms with Crippen molar-refractivity contribution in [1.29, 1.82) is 0 Å². The molecule has 1 aromatic rings. The predicted octanol–water partition coefficient (Wildman–Crippen LogP) is 4.08. The van der Waals surface area contributed by atoms with Crippen LogP contribution >= 0.6 is 11.6 Å². The predicted molar refractivity (Wildman–Crippen MR) is 58.5 cm³/mol. The zero-order valence-corrected chi connectivity index (χ0v) is 9.87. The Labute approximate surface area is 102 Å². The van der Waals surface area contributed by atoms with Crippen molar-refractivity contribution >= 4 is 11.6 Å². The van der Waals surface area contributed by atoms with Crippen molar-refractivity contribution in [2.75, 3.05) is 7.05 Å². The highest BCUT2D eigenvalue weighted by Gasteiger charge is 2.29. The van der Waals surface area contributed by atoms with E-state index in [0.717, 1.165) is 6.07 Å². The third-order valence-electron chi connectivity index (χ3n) is 2.40. The van der Waals surface area contributed by atoms with Gasteiger partial charge in [-0.3, -0.25) is 0 Å². The fourth-order valence-corrected chi connectivity index (χ4v) is 1.71. The van der Waals surface area contributed by atoms with E-state index in [4.69, 9.17) is 11.6 Å². The number of hydrogen-bond donors (Lipinski definition) is 1. The fraction of sp³-hybridized carbons (Fsp3) is 0.455. The molecule has 1 unspecified atom stereocenters. The molecule has 0 radical (unpaired) electrons. The molecule has 17 heavy (non-hydrogen) atoms. The van der Waals surface area contributed by atoms with Gasteiger partial charge in [-0.05, 0) is 25.6 Å². The molecular weight excluding hydrogens is 258 g/mol. The molecule has 1 aromatic carbocycles. The second-order valence-corrected chi connectivity index (χ2v) is 4.10. The van der Waals surface area contributed by atoms with Crippen LogP contribution in [0.25, 0.3) is 0 Å². The van der Waals surface area contributed by atoms with Gasteiger partial charge >= 0.3 is 6.18 Å². The first-order valence-electron chi connectivity index (χ1n) is 5.02. The SMILES string of the molecule is CNC(CCC(F)(F)F)c1ccc(Cl)cc1F. The number of alkyl halides is 3. The monoisotopic (exact) mass is 269 g/mol. The van der Waals surface area contributed by atoms with Crippen molar-refractivity contribution in [2.24, 2.45) is 0 Å². The van der Waals surface area contributed by atoms with Gasteiger partial charge in [-0.15, -0.1) is 0 Å². The van der Waals surface area contributed by atoms with Crippen molar-refractivity contribution in [1.82, 2.24) is 5.32 Å². The third kappa shape index (κ3) is 4.52. The van der Waals surface area contributed by atoms with E-state index in [9.17, 15) is 17.6 Å². The Bertz CT molecular complexity index is 378. The molecule has 0 fully saturated rings. The maximum Gasteiger partial charge on any atom is 0.389 e. The number of rotatable bonds is 4. The van der Waals surface area contributed by atoms with Crippen LogP contribution in [-0.4, -0.2) is 13.2 Å². The summed E-state index contributed by atoms with van der Waals surface area (Å²) in [5, 5.41) is 2.89. The van der Waals surface area contributed by atoms with E-state index in [1.807, 2.05) is 0 Å². The average molecular weight is 270 g/mol. The zero-order chi connectivity index (χ0) is 13.1. The van der Waals surface area contributed by atoms with E-state index in [2.05, 4.69) is 5.32 Å². The first kappa shape index (κ1) is 14.3. The molecule has 0 aliphatic carbocycles. The van der Waals surface area contributed by atoms with Crippen LogP contribution in [0.5, 0.6) is 0 Å². The van der Waals surface area contributed by atoms with E-state index in [0.29, 0.717) is 0 Å². The maximum atomic E-state index is 13.5. The first-order valence-corrected chi connectivity index (χ1v) is 5.40. The average Bonchev–Trinajstić information content (AvgIpc) is 2.19. The number of benzene rings is 1. The van der Waals surface area contributed by atoms with Crippen molar-refractivity contribution in [3.63, 3.8) is 0 Å². The molecule has 0 amide bonds. The van der Waals surface area contributed by atoms with Crippen LogP contribution in [-0.2, 0) is 0 Å². The Balaban J connectivity index is 2.79. The van der Waals surface area contributed by atoms with E-state index in [1.165, 1.54) is 19.2 Å².